The number of hydrogen-bond donors (Lipinski definition) is 0. The first-order valence-corrected chi connectivity index (χ1v) is 18.1. The summed E-state index contributed by atoms with van der Waals surface area (Å²) in [6, 6.07) is 51.0. The van der Waals surface area contributed by atoms with Crippen molar-refractivity contribution < 1.29 is 4.42 Å². The predicted molar refractivity (Wildman–Crippen MR) is 217 cm³/mol. The number of nitrogens with zero attached hydrogens (tertiary/aromatic N) is 1. The minimum absolute atomic E-state index is 0.0525. The molecule has 0 saturated heterocycles. The minimum Gasteiger partial charge on any atom is -0.455 e. The zero-order valence-electron chi connectivity index (χ0n) is 28.7. The molecule has 0 saturated carbocycles. The van der Waals surface area contributed by atoms with Gasteiger partial charge in [0.2, 0.25) is 0 Å². The topological polar surface area (TPSA) is 16.4 Å². The van der Waals surface area contributed by atoms with E-state index in [4.69, 9.17) is 4.42 Å². The Morgan fingerprint density at radius 1 is 0.529 bits per heavy atom. The lowest BCUT2D eigenvalue weighted by molar-refractivity contribution is 0.610. The third kappa shape index (κ3) is 3.93. The molecule has 0 N–H and O–H groups in total. The molecule has 0 fully saturated rings. The number of benzene rings is 8. The summed E-state index contributed by atoms with van der Waals surface area (Å²) in [6.45, 7) is 4.80. The highest BCUT2D eigenvalue weighted by Crippen LogP contribution is 2.56. The molecular formula is C49H35NO. The zero-order chi connectivity index (χ0) is 33.8. The van der Waals surface area contributed by atoms with Gasteiger partial charge in [0.05, 0.1) is 0 Å². The van der Waals surface area contributed by atoms with Gasteiger partial charge < -0.3 is 9.32 Å². The molecule has 0 spiro atoms. The lowest BCUT2D eigenvalue weighted by Gasteiger charge is -2.27. The summed E-state index contributed by atoms with van der Waals surface area (Å²) >= 11 is 0. The first kappa shape index (κ1) is 28.7. The van der Waals surface area contributed by atoms with E-state index < -0.39 is 0 Å². The molecule has 0 unspecified atom stereocenters. The largest absolute Gasteiger partial charge is 0.455 e. The van der Waals surface area contributed by atoms with Crippen LogP contribution in [0.3, 0.4) is 0 Å². The molecule has 2 heteroatoms. The fourth-order valence-corrected chi connectivity index (χ4v) is 9.50. The fourth-order valence-electron chi connectivity index (χ4n) is 9.50. The van der Waals surface area contributed by atoms with Crippen molar-refractivity contribution in [1.82, 2.24) is 0 Å². The van der Waals surface area contributed by atoms with Crippen LogP contribution in [0.15, 0.2) is 162 Å². The highest BCUT2D eigenvalue weighted by Gasteiger charge is 2.41. The van der Waals surface area contributed by atoms with Crippen LogP contribution in [0, 0.1) is 0 Å². The standard InChI is InChI=1S/C49H35NO/c1-49(2)43-23-13-12-22-40(43)46-47(49)39-21-11-10-20-38(39)45-41-27-25-32(29-44(41)51-48(45)46)50(30-14-4-3-5-15-30)31-24-26-37-35-18-7-6-16-33(35)34-17-8-9-19-36(34)42(37)28-31/h3-12,14-22,24-29H,13,23H2,1-2H3. The van der Waals surface area contributed by atoms with E-state index in [2.05, 4.69) is 170 Å². The van der Waals surface area contributed by atoms with Crippen LogP contribution in [-0.2, 0) is 5.41 Å². The maximum absolute atomic E-state index is 7.09. The number of anilines is 3. The maximum Gasteiger partial charge on any atom is 0.144 e. The van der Waals surface area contributed by atoms with Crippen molar-refractivity contribution in [3.63, 3.8) is 0 Å². The second-order valence-electron chi connectivity index (χ2n) is 14.7. The minimum atomic E-state index is -0.0525. The normalized spacial score (nSPS) is 15.1. The predicted octanol–water partition coefficient (Wildman–Crippen LogP) is 14.1. The molecule has 2 aliphatic rings. The van der Waals surface area contributed by atoms with Gasteiger partial charge in [-0.3, -0.25) is 0 Å². The van der Waals surface area contributed by atoms with Crippen LogP contribution >= 0.6 is 0 Å². The van der Waals surface area contributed by atoms with Crippen LogP contribution in [0.4, 0.5) is 17.1 Å². The van der Waals surface area contributed by atoms with Crippen molar-refractivity contribution in [1.29, 1.82) is 0 Å². The summed E-state index contributed by atoms with van der Waals surface area (Å²) in [6.07, 6.45) is 6.87. The van der Waals surface area contributed by atoms with Crippen LogP contribution in [0.1, 0.15) is 37.8 Å². The summed E-state index contributed by atoms with van der Waals surface area (Å²) in [5.41, 5.74) is 10.7. The van der Waals surface area contributed by atoms with Gasteiger partial charge in [-0.05, 0) is 103 Å². The van der Waals surface area contributed by atoms with E-state index in [1.807, 2.05) is 0 Å². The Bertz CT molecular complexity index is 2960. The molecule has 1 aromatic heterocycles. The average Bonchev–Trinajstić information content (AvgIpc) is 3.68. The van der Waals surface area contributed by atoms with E-state index in [9.17, 15) is 0 Å². The van der Waals surface area contributed by atoms with E-state index in [-0.39, 0.29) is 5.41 Å². The van der Waals surface area contributed by atoms with Gasteiger partial charge in [0.15, 0.2) is 0 Å². The zero-order valence-corrected chi connectivity index (χ0v) is 28.7. The molecule has 0 amide bonds. The Morgan fingerprint density at radius 2 is 1.10 bits per heavy atom. The van der Waals surface area contributed by atoms with Gasteiger partial charge in [-0.1, -0.05) is 129 Å². The van der Waals surface area contributed by atoms with Crippen LogP contribution < -0.4 is 4.90 Å². The Kier molecular flexibility index (Phi) is 5.88. The van der Waals surface area contributed by atoms with Gasteiger partial charge in [-0.25, -0.2) is 0 Å². The summed E-state index contributed by atoms with van der Waals surface area (Å²) in [7, 11) is 0. The number of allylic oxidation sites excluding steroid dienone is 4. The Hall–Kier alpha value is -6.12. The molecule has 0 bridgehead atoms. The molecule has 51 heavy (non-hydrogen) atoms. The van der Waals surface area contributed by atoms with Crippen molar-refractivity contribution in [3.8, 4) is 0 Å². The van der Waals surface area contributed by atoms with Gasteiger partial charge in [0.25, 0.3) is 0 Å². The van der Waals surface area contributed by atoms with Gasteiger partial charge in [-0.15, -0.1) is 0 Å². The van der Waals surface area contributed by atoms with Crippen molar-refractivity contribution in [2.75, 3.05) is 4.90 Å². The summed E-state index contributed by atoms with van der Waals surface area (Å²) in [5, 5.41) is 12.6. The fraction of sp³-hybridized carbons (Fsp3) is 0.102. The molecule has 11 rings (SSSR count). The average molecular weight is 654 g/mol. The molecular weight excluding hydrogens is 619 g/mol. The summed E-state index contributed by atoms with van der Waals surface area (Å²) in [5.74, 6) is 0. The Balaban J connectivity index is 1.18. The van der Waals surface area contributed by atoms with Crippen molar-refractivity contribution >= 4 is 87.7 Å². The van der Waals surface area contributed by atoms with Gasteiger partial charge >= 0.3 is 0 Å². The lowest BCUT2D eigenvalue weighted by atomic mass is 9.76. The van der Waals surface area contributed by atoms with Crippen LogP contribution in [0.2, 0.25) is 0 Å². The van der Waals surface area contributed by atoms with Crippen LogP contribution in [-0.4, -0.2) is 0 Å². The first-order valence-electron chi connectivity index (χ1n) is 18.1. The maximum atomic E-state index is 7.09. The van der Waals surface area contributed by atoms with E-state index in [0.29, 0.717) is 0 Å². The number of furan rings is 1. The molecule has 2 aliphatic carbocycles. The van der Waals surface area contributed by atoms with E-state index in [1.165, 1.54) is 70.7 Å². The molecule has 0 aliphatic heterocycles. The van der Waals surface area contributed by atoms with Crippen molar-refractivity contribution in [2.45, 2.75) is 32.1 Å². The Labute approximate surface area is 296 Å². The first-order chi connectivity index (χ1) is 25.1. The van der Waals surface area contributed by atoms with Gasteiger partial charge in [-0.2, -0.15) is 0 Å². The van der Waals surface area contributed by atoms with Gasteiger partial charge in [0, 0.05) is 44.9 Å². The highest BCUT2D eigenvalue weighted by molar-refractivity contribution is 6.26. The second-order valence-corrected chi connectivity index (χ2v) is 14.7. The van der Waals surface area contributed by atoms with Crippen LogP contribution in [0.25, 0.3) is 70.6 Å². The van der Waals surface area contributed by atoms with E-state index in [0.717, 1.165) is 46.5 Å². The molecule has 242 valence electrons. The number of hydrogen-bond acceptors (Lipinski definition) is 2. The molecule has 2 nitrogen and oxygen atoms in total. The summed E-state index contributed by atoms with van der Waals surface area (Å²) in [4.78, 5) is 2.37. The highest BCUT2D eigenvalue weighted by atomic mass is 16.3. The third-order valence-corrected chi connectivity index (χ3v) is 11.7. The molecule has 9 aromatic rings. The van der Waals surface area contributed by atoms with Crippen LogP contribution in [0.5, 0.6) is 0 Å². The smallest absolute Gasteiger partial charge is 0.144 e. The monoisotopic (exact) mass is 653 g/mol. The Morgan fingerprint density at radius 3 is 1.80 bits per heavy atom. The molecule has 0 atom stereocenters. The molecule has 0 radical (unpaired) electrons. The van der Waals surface area contributed by atoms with Crippen molar-refractivity contribution in [3.05, 3.63) is 168 Å². The molecule has 1 heterocycles. The SMILES string of the molecule is CC1(C)C2=C(C=CCC2)c2c1c1ccccc1c1c2oc2cc(N(c3ccccc3)c3ccc4c5ccccc5c5ccccc5c4c3)ccc21. The summed E-state index contributed by atoms with van der Waals surface area (Å²) < 4.78 is 7.09. The number of fused-ring (bicyclic) bond motifs is 15. The quantitative estimate of drug-likeness (QED) is 0.176. The second kappa shape index (κ2) is 10.4. The molecule has 8 aromatic carbocycles. The number of rotatable bonds is 3. The lowest BCUT2D eigenvalue weighted by Crippen LogP contribution is -2.18. The van der Waals surface area contributed by atoms with Gasteiger partial charge in [0.1, 0.15) is 11.2 Å². The number of para-hydroxylation sites is 1. The van der Waals surface area contributed by atoms with E-state index >= 15 is 0 Å². The van der Waals surface area contributed by atoms with Crippen molar-refractivity contribution in [2.24, 2.45) is 0 Å². The third-order valence-electron chi connectivity index (χ3n) is 11.7. The van der Waals surface area contributed by atoms with E-state index in [1.54, 1.807) is 0 Å².